The summed E-state index contributed by atoms with van der Waals surface area (Å²) >= 11 is 0. The maximum absolute atomic E-state index is 12.8. The van der Waals surface area contributed by atoms with Crippen LogP contribution < -0.4 is 9.47 Å². The summed E-state index contributed by atoms with van der Waals surface area (Å²) in [5, 5.41) is 0. The van der Waals surface area contributed by atoms with E-state index in [9.17, 15) is 9.59 Å². The maximum Gasteiger partial charge on any atom is 0.338 e. The number of hydrogen-bond acceptors (Lipinski definition) is 6. The van der Waals surface area contributed by atoms with Crippen LogP contribution in [0.3, 0.4) is 0 Å². The van der Waals surface area contributed by atoms with Gasteiger partial charge >= 0.3 is 11.9 Å². The van der Waals surface area contributed by atoms with Crippen molar-refractivity contribution in [3.05, 3.63) is 95.6 Å². The van der Waals surface area contributed by atoms with Gasteiger partial charge in [0.25, 0.3) is 0 Å². The van der Waals surface area contributed by atoms with Crippen LogP contribution in [0.25, 0.3) is 0 Å². The van der Waals surface area contributed by atoms with Gasteiger partial charge in [0, 0.05) is 0 Å². The van der Waals surface area contributed by atoms with E-state index in [4.69, 9.17) is 18.9 Å². The van der Waals surface area contributed by atoms with E-state index in [2.05, 4.69) is 27.7 Å². The van der Waals surface area contributed by atoms with Gasteiger partial charge in [-0.1, -0.05) is 58.0 Å². The van der Waals surface area contributed by atoms with Gasteiger partial charge in [0.05, 0.1) is 24.3 Å². The molecular formula is C30H34O6. The van der Waals surface area contributed by atoms with E-state index in [0.29, 0.717) is 47.7 Å². The lowest BCUT2D eigenvalue weighted by Crippen LogP contribution is -2.19. The number of rotatable bonds is 12. The molecule has 6 heteroatoms. The fourth-order valence-electron chi connectivity index (χ4n) is 3.20. The van der Waals surface area contributed by atoms with Gasteiger partial charge in [-0.3, -0.25) is 0 Å². The highest BCUT2D eigenvalue weighted by Gasteiger charge is 2.21. The number of carbonyl (C=O) groups is 2. The average Bonchev–Trinajstić information content (AvgIpc) is 2.89. The Balaban J connectivity index is 1.63. The molecule has 36 heavy (non-hydrogen) atoms. The fourth-order valence-corrected chi connectivity index (χ4v) is 3.20. The summed E-state index contributed by atoms with van der Waals surface area (Å²) in [5.41, 5.74) is 1.51. The van der Waals surface area contributed by atoms with Crippen LogP contribution in [-0.2, 0) is 9.47 Å². The highest BCUT2D eigenvalue weighted by atomic mass is 16.6. The summed E-state index contributed by atoms with van der Waals surface area (Å²) in [7, 11) is 0. The molecule has 0 aliphatic heterocycles. The van der Waals surface area contributed by atoms with Crippen molar-refractivity contribution < 1.29 is 28.5 Å². The Kier molecular flexibility index (Phi) is 9.92. The molecule has 0 fully saturated rings. The first-order chi connectivity index (χ1) is 17.3. The topological polar surface area (TPSA) is 71.1 Å². The zero-order valence-electron chi connectivity index (χ0n) is 21.3. The van der Waals surface area contributed by atoms with Crippen LogP contribution in [0.5, 0.6) is 11.5 Å². The zero-order chi connectivity index (χ0) is 25.9. The van der Waals surface area contributed by atoms with Crippen molar-refractivity contribution >= 4 is 11.9 Å². The normalized spacial score (nSPS) is 11.7. The minimum absolute atomic E-state index is 0.115. The predicted molar refractivity (Wildman–Crippen MR) is 138 cm³/mol. The minimum atomic E-state index is -0.756. The molecule has 3 rings (SSSR count). The second-order valence-electron chi connectivity index (χ2n) is 9.36. The van der Waals surface area contributed by atoms with Gasteiger partial charge in [-0.15, -0.1) is 0 Å². The van der Waals surface area contributed by atoms with Gasteiger partial charge in [-0.2, -0.15) is 0 Å². The molecule has 0 N–H and O–H groups in total. The average molecular weight is 491 g/mol. The molecule has 0 aliphatic rings. The third-order valence-electron chi connectivity index (χ3n) is 5.13. The van der Waals surface area contributed by atoms with Gasteiger partial charge in [0.1, 0.15) is 18.1 Å². The molecule has 0 aliphatic carbocycles. The van der Waals surface area contributed by atoms with Crippen molar-refractivity contribution in [2.75, 3.05) is 19.8 Å². The standard InChI is InChI=1S/C30H34O6/c1-21(2)18-33-26-14-10-24(11-15-26)29(31)35-20-28(23-8-6-5-7-9-23)36-30(32)25-12-16-27(17-13-25)34-19-22(3)4/h5-17,21-22,28H,18-20H2,1-4H3. The summed E-state index contributed by atoms with van der Waals surface area (Å²) in [4.78, 5) is 25.5. The van der Waals surface area contributed by atoms with Crippen molar-refractivity contribution in [3.8, 4) is 11.5 Å². The number of ether oxygens (including phenoxy) is 4. The molecule has 0 spiro atoms. The molecule has 0 saturated carbocycles. The number of carbonyl (C=O) groups excluding carboxylic acids is 2. The molecule has 0 radical (unpaired) electrons. The van der Waals surface area contributed by atoms with E-state index in [1.807, 2.05) is 30.3 Å². The quantitative estimate of drug-likeness (QED) is 0.270. The monoisotopic (exact) mass is 490 g/mol. The van der Waals surface area contributed by atoms with E-state index < -0.39 is 18.0 Å². The predicted octanol–water partition coefficient (Wildman–Crippen LogP) is 6.51. The lowest BCUT2D eigenvalue weighted by Gasteiger charge is -2.19. The molecule has 3 aromatic rings. The van der Waals surface area contributed by atoms with Crippen LogP contribution in [0.2, 0.25) is 0 Å². The Bertz CT molecular complexity index is 1090. The Morgan fingerprint density at radius 1 is 0.611 bits per heavy atom. The van der Waals surface area contributed by atoms with Gasteiger partial charge in [0.15, 0.2) is 6.10 Å². The number of esters is 2. The highest BCUT2D eigenvalue weighted by Crippen LogP contribution is 2.22. The fraction of sp³-hybridized carbons (Fsp3) is 0.333. The molecule has 1 atom stereocenters. The third kappa shape index (κ3) is 8.45. The number of hydrogen-bond donors (Lipinski definition) is 0. The summed E-state index contributed by atoms with van der Waals surface area (Å²) in [5.74, 6) is 1.17. The Labute approximate surface area is 213 Å². The SMILES string of the molecule is CC(C)COc1ccc(C(=O)OCC(OC(=O)c2ccc(OCC(C)C)cc2)c2ccccc2)cc1. The lowest BCUT2D eigenvalue weighted by atomic mass is 10.1. The first-order valence-corrected chi connectivity index (χ1v) is 12.2. The molecule has 6 nitrogen and oxygen atoms in total. The van der Waals surface area contributed by atoms with E-state index in [-0.39, 0.29) is 6.61 Å². The summed E-state index contributed by atoms with van der Waals surface area (Å²) < 4.78 is 22.6. The molecular weight excluding hydrogens is 456 g/mol. The smallest absolute Gasteiger partial charge is 0.338 e. The van der Waals surface area contributed by atoms with Crippen molar-refractivity contribution in [2.24, 2.45) is 11.8 Å². The molecule has 0 heterocycles. The Hall–Kier alpha value is -3.80. The third-order valence-corrected chi connectivity index (χ3v) is 5.13. The molecule has 190 valence electrons. The van der Waals surface area contributed by atoms with Crippen molar-refractivity contribution in [1.29, 1.82) is 0 Å². The van der Waals surface area contributed by atoms with E-state index in [0.717, 1.165) is 5.56 Å². The largest absolute Gasteiger partial charge is 0.493 e. The molecule has 0 aromatic heterocycles. The second-order valence-corrected chi connectivity index (χ2v) is 9.36. The molecule has 0 saturated heterocycles. The van der Waals surface area contributed by atoms with Gasteiger partial charge in [-0.05, 0) is 65.9 Å². The van der Waals surface area contributed by atoms with E-state index in [1.54, 1.807) is 48.5 Å². The van der Waals surface area contributed by atoms with Crippen LogP contribution in [-0.4, -0.2) is 31.8 Å². The lowest BCUT2D eigenvalue weighted by molar-refractivity contribution is -0.00134. The second kappa shape index (κ2) is 13.3. The van der Waals surface area contributed by atoms with Gasteiger partial charge in [-0.25, -0.2) is 9.59 Å². The van der Waals surface area contributed by atoms with Crippen LogP contribution in [0.1, 0.15) is 60.1 Å². The van der Waals surface area contributed by atoms with Gasteiger partial charge in [0.2, 0.25) is 0 Å². The van der Waals surface area contributed by atoms with Crippen LogP contribution in [0.4, 0.5) is 0 Å². The maximum atomic E-state index is 12.8. The Morgan fingerprint density at radius 2 is 1.08 bits per heavy atom. The molecule has 1 unspecified atom stereocenters. The summed E-state index contributed by atoms with van der Waals surface area (Å²) in [6, 6.07) is 22.8. The van der Waals surface area contributed by atoms with Crippen LogP contribution in [0, 0.1) is 11.8 Å². The molecule has 0 amide bonds. The van der Waals surface area contributed by atoms with Crippen molar-refractivity contribution in [2.45, 2.75) is 33.8 Å². The zero-order valence-corrected chi connectivity index (χ0v) is 21.3. The molecule has 3 aromatic carbocycles. The first-order valence-electron chi connectivity index (χ1n) is 12.2. The van der Waals surface area contributed by atoms with Crippen molar-refractivity contribution in [1.82, 2.24) is 0 Å². The first kappa shape index (κ1) is 26.8. The van der Waals surface area contributed by atoms with Crippen LogP contribution in [0.15, 0.2) is 78.9 Å². The van der Waals surface area contributed by atoms with Crippen LogP contribution >= 0.6 is 0 Å². The minimum Gasteiger partial charge on any atom is -0.493 e. The van der Waals surface area contributed by atoms with Gasteiger partial charge < -0.3 is 18.9 Å². The van der Waals surface area contributed by atoms with Crippen molar-refractivity contribution in [3.63, 3.8) is 0 Å². The van der Waals surface area contributed by atoms with E-state index in [1.165, 1.54) is 0 Å². The summed E-state index contributed by atoms with van der Waals surface area (Å²) in [6.07, 6.45) is -0.756. The highest BCUT2D eigenvalue weighted by molar-refractivity contribution is 5.90. The summed E-state index contributed by atoms with van der Waals surface area (Å²) in [6.45, 7) is 9.36. The number of benzene rings is 3. The molecule has 0 bridgehead atoms. The van der Waals surface area contributed by atoms with E-state index >= 15 is 0 Å². The Morgan fingerprint density at radius 3 is 1.56 bits per heavy atom.